The molecule has 1 aromatic heterocycles. The number of hydrogen-bond acceptors (Lipinski definition) is 0. The van der Waals surface area contributed by atoms with Crippen LogP contribution in [-0.4, -0.2) is 4.98 Å². The molecular formula is C16H9F6N. The summed E-state index contributed by atoms with van der Waals surface area (Å²) in [6.07, 6.45) is -7.40. The lowest BCUT2D eigenvalue weighted by Gasteiger charge is -2.08. The minimum Gasteiger partial charge on any atom is -0.361 e. The lowest BCUT2D eigenvalue weighted by Crippen LogP contribution is -2.04. The largest absolute Gasteiger partial charge is 0.416 e. The van der Waals surface area contributed by atoms with E-state index in [1.165, 1.54) is 24.4 Å². The zero-order valence-electron chi connectivity index (χ0n) is 11.4. The van der Waals surface area contributed by atoms with Crippen molar-refractivity contribution in [1.29, 1.82) is 0 Å². The molecule has 7 heteroatoms. The number of aromatic nitrogens is 1. The first-order valence-corrected chi connectivity index (χ1v) is 6.52. The van der Waals surface area contributed by atoms with Crippen molar-refractivity contribution in [3.05, 3.63) is 59.8 Å². The van der Waals surface area contributed by atoms with Crippen LogP contribution in [0, 0.1) is 0 Å². The van der Waals surface area contributed by atoms with Crippen molar-refractivity contribution in [2.24, 2.45) is 0 Å². The Balaban J connectivity index is 2.04. The van der Waals surface area contributed by atoms with Crippen molar-refractivity contribution in [1.82, 2.24) is 4.98 Å². The molecule has 0 aliphatic heterocycles. The number of nitrogens with one attached hydrogen (secondary N) is 1. The van der Waals surface area contributed by atoms with E-state index in [9.17, 15) is 26.3 Å². The van der Waals surface area contributed by atoms with E-state index in [-0.39, 0.29) is 5.52 Å². The van der Waals surface area contributed by atoms with Crippen LogP contribution in [0.1, 0.15) is 11.1 Å². The first-order chi connectivity index (χ1) is 10.7. The molecule has 0 spiro atoms. The highest BCUT2D eigenvalue weighted by molar-refractivity contribution is 5.95. The average molecular weight is 329 g/mol. The summed E-state index contributed by atoms with van der Waals surface area (Å²) < 4.78 is 75.7. The smallest absolute Gasteiger partial charge is 0.361 e. The molecule has 23 heavy (non-hydrogen) atoms. The number of H-pyrrole nitrogens is 1. The summed E-state index contributed by atoms with van der Waals surface area (Å²) in [5.41, 5.74) is -0.257. The lowest BCUT2D eigenvalue weighted by atomic mass is 10.0. The summed E-state index contributed by atoms with van der Waals surface area (Å²) in [7, 11) is 0. The van der Waals surface area contributed by atoms with E-state index in [1.807, 2.05) is 0 Å². The van der Waals surface area contributed by atoms with Gasteiger partial charge in [0.1, 0.15) is 0 Å². The molecule has 0 unspecified atom stereocenters. The Morgan fingerprint density at radius 2 is 1.26 bits per heavy atom. The van der Waals surface area contributed by atoms with E-state index >= 15 is 0 Å². The Hall–Kier alpha value is -2.44. The number of benzene rings is 2. The number of rotatable bonds is 1. The molecule has 3 rings (SSSR count). The molecular weight excluding hydrogens is 320 g/mol. The molecule has 0 radical (unpaired) electrons. The van der Waals surface area contributed by atoms with Crippen molar-refractivity contribution in [2.45, 2.75) is 12.4 Å². The molecule has 0 atom stereocenters. The van der Waals surface area contributed by atoms with Gasteiger partial charge in [-0.3, -0.25) is 0 Å². The van der Waals surface area contributed by atoms with Crippen LogP contribution in [0.15, 0.2) is 48.7 Å². The van der Waals surface area contributed by atoms with Gasteiger partial charge in [-0.2, -0.15) is 26.3 Å². The first kappa shape index (κ1) is 15.5. The van der Waals surface area contributed by atoms with Gasteiger partial charge in [0, 0.05) is 22.7 Å². The summed E-state index contributed by atoms with van der Waals surface area (Å²) >= 11 is 0. The minimum absolute atomic E-state index is 0.273. The van der Waals surface area contributed by atoms with Crippen molar-refractivity contribution in [3.8, 4) is 11.1 Å². The molecule has 0 amide bonds. The number of halogens is 6. The Labute approximate surface area is 126 Å². The molecule has 1 nitrogen and oxygen atoms in total. The normalized spacial score (nSPS) is 12.8. The van der Waals surface area contributed by atoms with Crippen LogP contribution < -0.4 is 0 Å². The standard InChI is InChI=1S/C16H9F6N/c17-15(18,19)10-3-1-9(2-4-10)13-8-23-14-7-11(16(20,21)22)5-6-12(13)14/h1-8,23H. The molecule has 1 N–H and O–H groups in total. The Bertz CT molecular complexity index is 840. The molecule has 120 valence electrons. The van der Waals surface area contributed by atoms with E-state index in [4.69, 9.17) is 0 Å². The fourth-order valence-electron chi connectivity index (χ4n) is 2.38. The monoisotopic (exact) mass is 329 g/mol. The zero-order chi connectivity index (χ0) is 16.8. The minimum atomic E-state index is -4.45. The van der Waals surface area contributed by atoms with Gasteiger partial charge >= 0.3 is 12.4 Å². The summed E-state index contributed by atoms with van der Waals surface area (Å²) in [6, 6.07) is 7.71. The molecule has 3 aromatic rings. The highest BCUT2D eigenvalue weighted by Crippen LogP contribution is 2.36. The van der Waals surface area contributed by atoms with Gasteiger partial charge in [-0.25, -0.2) is 0 Å². The lowest BCUT2D eigenvalue weighted by molar-refractivity contribution is -0.138. The molecule has 0 saturated heterocycles. The van der Waals surface area contributed by atoms with Gasteiger partial charge in [0.25, 0.3) is 0 Å². The molecule has 0 saturated carbocycles. The third-order valence-corrected chi connectivity index (χ3v) is 3.53. The molecule has 0 bridgehead atoms. The second kappa shape index (κ2) is 5.04. The van der Waals surface area contributed by atoms with Gasteiger partial charge in [0.15, 0.2) is 0 Å². The van der Waals surface area contributed by atoms with E-state index in [2.05, 4.69) is 4.98 Å². The van der Waals surface area contributed by atoms with Crippen LogP contribution in [0.25, 0.3) is 22.0 Å². The molecule has 1 heterocycles. The van der Waals surface area contributed by atoms with Crippen LogP contribution in [-0.2, 0) is 12.4 Å². The molecule has 0 fully saturated rings. The van der Waals surface area contributed by atoms with E-state index < -0.39 is 23.5 Å². The van der Waals surface area contributed by atoms with Gasteiger partial charge in [-0.15, -0.1) is 0 Å². The van der Waals surface area contributed by atoms with Gasteiger partial charge in [-0.1, -0.05) is 18.2 Å². The summed E-state index contributed by atoms with van der Waals surface area (Å²) in [5, 5.41) is 0.512. The molecule has 2 aromatic carbocycles. The van der Waals surface area contributed by atoms with Crippen molar-refractivity contribution in [3.63, 3.8) is 0 Å². The van der Waals surface area contributed by atoms with E-state index in [0.29, 0.717) is 16.5 Å². The van der Waals surface area contributed by atoms with E-state index in [0.717, 1.165) is 24.3 Å². The fraction of sp³-hybridized carbons (Fsp3) is 0.125. The van der Waals surface area contributed by atoms with Gasteiger partial charge in [0.2, 0.25) is 0 Å². The Kier molecular flexibility index (Phi) is 3.39. The first-order valence-electron chi connectivity index (χ1n) is 6.52. The maximum Gasteiger partial charge on any atom is 0.416 e. The zero-order valence-corrected chi connectivity index (χ0v) is 11.4. The Morgan fingerprint density at radius 3 is 1.83 bits per heavy atom. The maximum absolute atomic E-state index is 12.7. The van der Waals surface area contributed by atoms with E-state index in [1.54, 1.807) is 0 Å². The molecule has 0 aliphatic rings. The summed E-state index contributed by atoms with van der Waals surface area (Å²) in [5.74, 6) is 0. The number of hydrogen-bond donors (Lipinski definition) is 1. The van der Waals surface area contributed by atoms with Gasteiger partial charge < -0.3 is 4.98 Å². The predicted molar refractivity (Wildman–Crippen MR) is 73.7 cm³/mol. The summed E-state index contributed by atoms with van der Waals surface area (Å²) in [6.45, 7) is 0. The topological polar surface area (TPSA) is 15.8 Å². The number of alkyl halides is 6. The van der Waals surface area contributed by atoms with Crippen LogP contribution in [0.2, 0.25) is 0 Å². The summed E-state index contributed by atoms with van der Waals surface area (Å²) in [4.78, 5) is 2.72. The quantitative estimate of drug-likeness (QED) is 0.537. The highest BCUT2D eigenvalue weighted by atomic mass is 19.4. The van der Waals surface area contributed by atoms with Gasteiger partial charge in [-0.05, 0) is 29.8 Å². The SMILES string of the molecule is FC(F)(F)c1ccc(-c2c[nH]c3cc(C(F)(F)F)ccc23)cc1. The average Bonchev–Trinajstić information content (AvgIpc) is 2.88. The van der Waals surface area contributed by atoms with Gasteiger partial charge in [0.05, 0.1) is 11.1 Å². The third-order valence-electron chi connectivity index (χ3n) is 3.53. The van der Waals surface area contributed by atoms with Crippen LogP contribution in [0.4, 0.5) is 26.3 Å². The second-order valence-corrected chi connectivity index (χ2v) is 5.04. The van der Waals surface area contributed by atoms with Crippen LogP contribution >= 0.6 is 0 Å². The van der Waals surface area contributed by atoms with Crippen molar-refractivity contribution < 1.29 is 26.3 Å². The van der Waals surface area contributed by atoms with Crippen molar-refractivity contribution in [2.75, 3.05) is 0 Å². The predicted octanol–water partition coefficient (Wildman–Crippen LogP) is 5.87. The van der Waals surface area contributed by atoms with Crippen molar-refractivity contribution >= 4 is 10.9 Å². The number of fused-ring (bicyclic) bond motifs is 1. The molecule has 0 aliphatic carbocycles. The highest BCUT2D eigenvalue weighted by Gasteiger charge is 2.31. The van der Waals surface area contributed by atoms with Crippen LogP contribution in [0.5, 0.6) is 0 Å². The second-order valence-electron chi connectivity index (χ2n) is 5.04. The fourth-order valence-corrected chi connectivity index (χ4v) is 2.38. The number of aromatic amines is 1. The van der Waals surface area contributed by atoms with Crippen LogP contribution in [0.3, 0.4) is 0 Å². The maximum atomic E-state index is 12.7. The third kappa shape index (κ3) is 2.91. The Morgan fingerprint density at radius 1 is 0.696 bits per heavy atom.